The minimum absolute atomic E-state index is 0.469. The molecule has 9 aromatic carbocycles. The van der Waals surface area contributed by atoms with Crippen molar-refractivity contribution in [2.75, 3.05) is 0 Å². The molecule has 0 fully saturated rings. The van der Waals surface area contributed by atoms with Crippen molar-refractivity contribution >= 4 is 54.3 Å². The van der Waals surface area contributed by atoms with Crippen LogP contribution in [-0.4, -0.2) is 0 Å². The van der Waals surface area contributed by atoms with Gasteiger partial charge in [0.15, 0.2) is 0 Å². The van der Waals surface area contributed by atoms with E-state index in [1.807, 2.05) is 0 Å². The highest BCUT2D eigenvalue weighted by Crippen LogP contribution is 2.49. The molecule has 0 N–H and O–H groups in total. The minimum atomic E-state index is -3.06. The third-order valence-electron chi connectivity index (χ3n) is 8.51. The molecule has 0 bridgehead atoms. The second-order valence-electron chi connectivity index (χ2n) is 11.1. The van der Waals surface area contributed by atoms with Gasteiger partial charge < -0.3 is 4.42 Å². The normalized spacial score (nSPS) is 21.8. The number of fused-ring (bicyclic) bond motifs is 9. The van der Waals surface area contributed by atoms with Crippen LogP contribution in [0.15, 0.2) is 174 Å². The van der Waals surface area contributed by atoms with E-state index < -0.39 is 285 Å². The van der Waals surface area contributed by atoms with Crippen molar-refractivity contribution in [2.45, 2.75) is 6.37 Å². The number of hydrogen-bond acceptors (Lipinski definition) is 1. The zero-order valence-corrected chi connectivity index (χ0v) is 24.9. The Hall–Kier alpha value is -6.44. The molecule has 1 aliphatic rings. The molecular weight excluding hydrogens is 605 g/mol. The van der Waals surface area contributed by atoms with E-state index in [0.717, 1.165) is 0 Å². The van der Waals surface area contributed by atoms with Gasteiger partial charge in [-0.1, -0.05) is 151 Å². The summed E-state index contributed by atoms with van der Waals surface area (Å²) in [4.78, 5) is 0. The molecule has 1 heterocycles. The molecule has 0 amide bonds. The maximum Gasteiger partial charge on any atom is 0.136 e. The van der Waals surface area contributed by atoms with Crippen LogP contribution in [0.1, 0.15) is 52.2 Å². The molecule has 0 unspecified atom stereocenters. The number of hydrogen-bond donors (Lipinski definition) is 0. The third-order valence-corrected chi connectivity index (χ3v) is 8.51. The van der Waals surface area contributed by atoms with Gasteiger partial charge in [0.25, 0.3) is 0 Å². The van der Waals surface area contributed by atoms with Gasteiger partial charge in [0.05, 0.1) is 38.4 Å². The monoisotopic (exact) mass is 664 g/mol. The zero-order valence-electron chi connectivity index (χ0n) is 54.9. The van der Waals surface area contributed by atoms with Gasteiger partial charge in [0, 0.05) is 13.5 Å². The number of rotatable bonds is 3. The Bertz CT molecular complexity index is 4600. The summed E-state index contributed by atoms with van der Waals surface area (Å²) < 4.78 is 279. The summed E-state index contributed by atoms with van der Waals surface area (Å²) in [5.41, 5.74) is -8.89. The van der Waals surface area contributed by atoms with Crippen LogP contribution in [0.3, 0.4) is 0 Å². The molecule has 0 saturated heterocycles. The van der Waals surface area contributed by atoms with Crippen LogP contribution in [0.4, 0.5) is 0 Å². The molecule has 50 heavy (non-hydrogen) atoms. The molecule has 0 spiro atoms. The smallest absolute Gasteiger partial charge is 0.136 e. The lowest BCUT2D eigenvalue weighted by atomic mass is 9.83. The first-order chi connectivity index (χ1) is 37.2. The van der Waals surface area contributed by atoms with Crippen LogP contribution >= 0.6 is 0 Å². The average molecular weight is 665 g/mol. The van der Waals surface area contributed by atoms with E-state index in [-0.39, 0.29) is 0 Å². The Balaban J connectivity index is 1.37. The van der Waals surface area contributed by atoms with E-state index in [9.17, 15) is 17.8 Å². The van der Waals surface area contributed by atoms with E-state index in [1.54, 1.807) is 0 Å². The van der Waals surface area contributed by atoms with E-state index in [4.69, 9.17) is 27.7 Å². The van der Waals surface area contributed by atoms with Crippen LogP contribution in [0, 0.1) is 0 Å². The zero-order chi connectivity index (χ0) is 58.9. The van der Waals surface area contributed by atoms with Gasteiger partial charge in [-0.15, -0.1) is 0 Å². The standard InChI is InChI=1S/C49H30O/c1-2-12-33-29-45-43(28-32(33)11-1)49-36(20-10-22-44(49)50-45)30-23-25-31(26-24-30)46-38-16-5-7-18-40(38)48(41-19-8-6-17-39(41)46)42-21-9-14-35-27-34-13-3-4-15-37(34)47(35)42/h1-26,28-29H,27H2/i1D,2D,3D,4D,5D,6D,7D,8D,9D,10D,11D,12D,13D,14D,15D,16D,17D,18D,19D,20D,21D,22D,23D,24D,25D,26D,27D2,28D,29D. The van der Waals surface area contributed by atoms with Crippen molar-refractivity contribution in [1.29, 1.82) is 0 Å². The molecule has 0 radical (unpaired) electrons. The molecule has 0 atom stereocenters. The Labute approximate surface area is 331 Å². The van der Waals surface area contributed by atoms with Crippen LogP contribution in [-0.2, 0) is 6.37 Å². The Morgan fingerprint density at radius 3 is 1.72 bits per heavy atom. The SMILES string of the molecule is [2H]c1c([2H])c([2H])c2c(c1[2H])-c1c(-c3c4c([2H])c([2H])c([2H])c([2H])c4c(-c4c([2H])c([2H])c(-c5c([2H])c([2H])c([2H])c6oc7c([2H])c8c([2H])c([2H])c([2H])c([2H])c8c([2H])c7c56)c([2H])c4[2H])c4c([2H])c([2H])c([2H])c([2H])c34)c([2H])c([2H])c([2H])c1C2([2H])[2H]. The van der Waals surface area contributed by atoms with Crippen LogP contribution in [0.2, 0.25) is 0 Å². The Morgan fingerprint density at radius 1 is 0.400 bits per heavy atom. The summed E-state index contributed by atoms with van der Waals surface area (Å²) in [6.07, 6.45) is -3.06. The topological polar surface area (TPSA) is 13.1 Å². The predicted molar refractivity (Wildman–Crippen MR) is 211 cm³/mol. The first-order valence-electron chi connectivity index (χ1n) is 29.9. The molecule has 1 aliphatic carbocycles. The predicted octanol–water partition coefficient (Wildman–Crippen LogP) is 13.6. The molecule has 232 valence electrons. The van der Waals surface area contributed by atoms with Gasteiger partial charge in [0.2, 0.25) is 0 Å². The summed E-state index contributed by atoms with van der Waals surface area (Å²) in [6.45, 7) is 0. The average Bonchev–Trinajstić information content (AvgIpc) is 3.98. The van der Waals surface area contributed by atoms with E-state index in [2.05, 4.69) is 0 Å². The fourth-order valence-electron chi connectivity index (χ4n) is 6.45. The van der Waals surface area contributed by atoms with Crippen LogP contribution in [0.25, 0.3) is 98.8 Å². The lowest BCUT2D eigenvalue weighted by molar-refractivity contribution is 0.669. The van der Waals surface area contributed by atoms with Gasteiger partial charge in [-0.05, 0) is 112 Å². The Kier molecular flexibility index (Phi) is 2.38. The maximum absolute atomic E-state index is 9.76. The highest BCUT2D eigenvalue weighted by molar-refractivity contribution is 6.23. The fraction of sp³-hybridized carbons (Fsp3) is 0.0204. The summed E-state index contributed by atoms with van der Waals surface area (Å²) in [7, 11) is 0. The fourth-order valence-corrected chi connectivity index (χ4v) is 6.45. The molecule has 1 nitrogen and oxygen atoms in total. The van der Waals surface area contributed by atoms with Crippen molar-refractivity contribution in [1.82, 2.24) is 0 Å². The molecule has 11 rings (SSSR count). The second kappa shape index (κ2) is 10.5. The van der Waals surface area contributed by atoms with Gasteiger partial charge in [0.1, 0.15) is 11.2 Å². The van der Waals surface area contributed by atoms with Crippen LogP contribution in [0.5, 0.6) is 0 Å². The van der Waals surface area contributed by atoms with Gasteiger partial charge >= 0.3 is 0 Å². The summed E-state index contributed by atoms with van der Waals surface area (Å²) in [5, 5.41) is -5.18. The molecule has 10 aromatic rings. The van der Waals surface area contributed by atoms with Crippen molar-refractivity contribution in [3.8, 4) is 44.5 Å². The van der Waals surface area contributed by atoms with Crippen molar-refractivity contribution in [3.63, 3.8) is 0 Å². The largest absolute Gasteiger partial charge is 0.456 e. The van der Waals surface area contributed by atoms with Gasteiger partial charge in [-0.25, -0.2) is 0 Å². The summed E-state index contributed by atoms with van der Waals surface area (Å²) in [5.74, 6) is 0. The van der Waals surface area contributed by atoms with Crippen molar-refractivity contribution < 1.29 is 45.5 Å². The second-order valence-corrected chi connectivity index (χ2v) is 11.1. The van der Waals surface area contributed by atoms with Gasteiger partial charge in [-0.2, -0.15) is 0 Å². The van der Waals surface area contributed by atoms with Crippen molar-refractivity contribution in [2.24, 2.45) is 0 Å². The van der Waals surface area contributed by atoms with E-state index in [1.165, 1.54) is 0 Å². The molecular formula is C49H30O. The molecule has 0 saturated carbocycles. The summed E-state index contributed by atoms with van der Waals surface area (Å²) in [6, 6.07) is -26.8. The first-order valence-corrected chi connectivity index (χ1v) is 14.9. The lowest BCUT2D eigenvalue weighted by Gasteiger charge is -2.20. The van der Waals surface area contributed by atoms with E-state index in [0.29, 0.717) is 0 Å². The van der Waals surface area contributed by atoms with Gasteiger partial charge in [-0.3, -0.25) is 0 Å². The molecule has 1 aromatic heterocycles. The lowest BCUT2D eigenvalue weighted by Crippen LogP contribution is -1.93. The highest BCUT2D eigenvalue weighted by atomic mass is 16.3. The number of furan rings is 1. The third kappa shape index (κ3) is 3.95. The maximum atomic E-state index is 9.76. The quantitative estimate of drug-likeness (QED) is 0.171. The first kappa shape index (κ1) is 11.3. The summed E-state index contributed by atoms with van der Waals surface area (Å²) >= 11 is 0. The Morgan fingerprint density at radius 2 is 0.960 bits per heavy atom. The minimum Gasteiger partial charge on any atom is -0.456 e. The van der Waals surface area contributed by atoms with E-state index >= 15 is 0 Å². The van der Waals surface area contributed by atoms with Crippen LogP contribution < -0.4 is 0 Å². The number of benzene rings is 9. The van der Waals surface area contributed by atoms with Crippen molar-refractivity contribution in [3.05, 3.63) is 180 Å². The molecule has 1 heteroatoms. The molecule has 0 aliphatic heterocycles. The highest BCUT2D eigenvalue weighted by Gasteiger charge is 2.25.